The summed E-state index contributed by atoms with van der Waals surface area (Å²) >= 11 is 0. The summed E-state index contributed by atoms with van der Waals surface area (Å²) in [7, 11) is 0. The number of primary amides is 2. The van der Waals surface area contributed by atoms with Gasteiger partial charge in [-0.25, -0.2) is 4.98 Å². The van der Waals surface area contributed by atoms with Gasteiger partial charge in [0, 0.05) is 56.4 Å². The molecule has 368 valence electrons. The SMILES string of the molecule is CCOCc1nc2cnc3ccccc3c2n1CCCNC(=O)COCC(=O)NCCOCCOCCOCCC(=O)NCCCCC(CCCC(CCCCNCC=O)C(N)=O)C(N)=O. The Morgan fingerprint density at radius 1 is 0.667 bits per heavy atom. The van der Waals surface area contributed by atoms with Crippen LogP contribution >= 0.6 is 0 Å². The van der Waals surface area contributed by atoms with Crippen LogP contribution in [0.15, 0.2) is 30.5 Å². The quantitative estimate of drug-likeness (QED) is 0.0350. The van der Waals surface area contributed by atoms with Gasteiger partial charge >= 0.3 is 0 Å². The number of hydrogen-bond acceptors (Lipinski definition) is 14. The molecule has 0 saturated heterocycles. The van der Waals surface area contributed by atoms with Crippen LogP contribution in [-0.4, -0.2) is 143 Å². The molecule has 0 radical (unpaired) electrons. The summed E-state index contributed by atoms with van der Waals surface area (Å²) in [5, 5.41) is 12.4. The number of nitrogens with two attached hydrogens (primary N) is 2. The summed E-state index contributed by atoms with van der Waals surface area (Å²) in [6.07, 6.45) is 9.71. The molecule has 5 amide bonds. The first kappa shape index (κ1) is 55.2. The fourth-order valence-corrected chi connectivity index (χ4v) is 7.23. The number of para-hydroxylation sites is 1. The summed E-state index contributed by atoms with van der Waals surface area (Å²) in [4.78, 5) is 80.1. The van der Waals surface area contributed by atoms with Gasteiger partial charge in [0.1, 0.15) is 37.4 Å². The minimum atomic E-state index is -0.362. The van der Waals surface area contributed by atoms with Gasteiger partial charge in [0.2, 0.25) is 29.5 Å². The van der Waals surface area contributed by atoms with Crippen LogP contribution in [0.25, 0.3) is 21.9 Å². The van der Waals surface area contributed by atoms with Gasteiger partial charge in [0.25, 0.3) is 0 Å². The predicted molar refractivity (Wildman–Crippen MR) is 248 cm³/mol. The van der Waals surface area contributed by atoms with Crippen molar-refractivity contribution in [3.05, 3.63) is 36.3 Å². The van der Waals surface area contributed by atoms with Crippen molar-refractivity contribution in [1.82, 2.24) is 35.8 Å². The Morgan fingerprint density at radius 2 is 1.26 bits per heavy atom. The van der Waals surface area contributed by atoms with Crippen LogP contribution < -0.4 is 32.7 Å². The van der Waals surface area contributed by atoms with Crippen molar-refractivity contribution in [3.63, 3.8) is 0 Å². The van der Waals surface area contributed by atoms with Gasteiger partial charge in [-0.1, -0.05) is 37.5 Å². The number of hydrogen-bond donors (Lipinski definition) is 6. The van der Waals surface area contributed by atoms with Crippen LogP contribution in [-0.2, 0) is 65.6 Å². The normalized spacial score (nSPS) is 12.3. The number of rotatable bonds is 41. The van der Waals surface area contributed by atoms with E-state index in [2.05, 4.69) is 30.8 Å². The van der Waals surface area contributed by atoms with E-state index in [4.69, 9.17) is 40.1 Å². The number of carbonyl (C=O) groups excluding carboxylic acids is 6. The Hall–Kier alpha value is -5.12. The summed E-state index contributed by atoms with van der Waals surface area (Å²) < 4.78 is 29.5. The highest BCUT2D eigenvalue weighted by molar-refractivity contribution is 6.02. The van der Waals surface area contributed by atoms with Crippen LogP contribution in [0.5, 0.6) is 0 Å². The number of nitrogens with zero attached hydrogens (tertiary/aromatic N) is 3. The van der Waals surface area contributed by atoms with Crippen LogP contribution in [0.4, 0.5) is 0 Å². The van der Waals surface area contributed by atoms with E-state index in [1.54, 1.807) is 6.20 Å². The highest BCUT2D eigenvalue weighted by Gasteiger charge is 2.19. The first-order valence-corrected chi connectivity index (χ1v) is 23.3. The van der Waals surface area contributed by atoms with Crippen molar-refractivity contribution in [2.45, 2.75) is 90.7 Å². The molecule has 66 heavy (non-hydrogen) atoms. The maximum Gasteiger partial charge on any atom is 0.246 e. The van der Waals surface area contributed by atoms with E-state index >= 15 is 0 Å². The molecule has 0 bridgehead atoms. The Morgan fingerprint density at radius 3 is 1.92 bits per heavy atom. The molecule has 0 fully saturated rings. The van der Waals surface area contributed by atoms with Crippen LogP contribution in [0.1, 0.15) is 83.4 Å². The van der Waals surface area contributed by atoms with Gasteiger partial charge in [0.15, 0.2) is 0 Å². The van der Waals surface area contributed by atoms with Crippen molar-refractivity contribution in [2.75, 3.05) is 92.2 Å². The van der Waals surface area contributed by atoms with Crippen molar-refractivity contribution in [3.8, 4) is 0 Å². The third kappa shape index (κ3) is 22.9. The molecule has 0 saturated carbocycles. The fraction of sp³-hybridized carbons (Fsp3) is 0.652. The molecule has 0 aliphatic heterocycles. The molecule has 2 aromatic heterocycles. The van der Waals surface area contributed by atoms with E-state index in [1.165, 1.54) is 0 Å². The number of carbonyl (C=O) groups is 6. The maximum absolute atomic E-state index is 12.3. The number of amides is 5. The van der Waals surface area contributed by atoms with E-state index in [0.29, 0.717) is 117 Å². The second-order valence-corrected chi connectivity index (χ2v) is 15.8. The van der Waals surface area contributed by atoms with Crippen molar-refractivity contribution in [1.29, 1.82) is 0 Å². The minimum Gasteiger partial charge on any atom is -0.379 e. The van der Waals surface area contributed by atoms with Gasteiger partial charge in [-0.2, -0.15) is 0 Å². The maximum atomic E-state index is 12.3. The van der Waals surface area contributed by atoms with Gasteiger partial charge in [-0.3, -0.25) is 29.0 Å². The number of benzene rings is 1. The molecule has 0 spiro atoms. The number of nitrogens with one attached hydrogen (secondary N) is 4. The van der Waals surface area contributed by atoms with Gasteiger partial charge in [-0.05, 0) is 64.5 Å². The molecule has 1 aromatic carbocycles. The third-order valence-electron chi connectivity index (χ3n) is 10.7. The molecule has 0 aliphatic rings. The second-order valence-electron chi connectivity index (χ2n) is 15.8. The van der Waals surface area contributed by atoms with E-state index in [-0.39, 0.29) is 80.8 Å². The Kier molecular flexibility index (Phi) is 28.6. The smallest absolute Gasteiger partial charge is 0.246 e. The van der Waals surface area contributed by atoms with E-state index in [0.717, 1.165) is 53.3 Å². The molecule has 8 N–H and O–H groups in total. The Bertz CT molecular complexity index is 1900. The molecule has 20 nitrogen and oxygen atoms in total. The van der Waals surface area contributed by atoms with Crippen molar-refractivity contribution in [2.24, 2.45) is 23.3 Å². The zero-order chi connectivity index (χ0) is 47.6. The lowest BCUT2D eigenvalue weighted by Crippen LogP contribution is -2.34. The zero-order valence-electron chi connectivity index (χ0n) is 38.7. The standard InChI is InChI=1S/C46H73N9O11/c1-2-62-32-40-54-39-31-53-38-16-4-3-15-37(38)44(39)55(40)23-10-20-51-42(58)33-66-34-43(59)52-22-26-64-28-30-65-29-27-63-25-17-41(57)50-19-8-6-12-36(46(48)61)14-9-13-35(45(47)60)11-5-7-18-49-21-24-56/h3-4,15-16,24,31,35-36,49H,2,5-14,17-23,25-30,32-34H2,1H3,(H2,47,60)(H2,48,61)(H,50,57)(H,51,58)(H,52,59). The molecule has 2 heterocycles. The molecule has 2 atom stereocenters. The summed E-state index contributed by atoms with van der Waals surface area (Å²) in [6.45, 7) is 7.07. The zero-order valence-corrected chi connectivity index (χ0v) is 38.7. The van der Waals surface area contributed by atoms with Crippen LogP contribution in [0.2, 0.25) is 0 Å². The molecular weight excluding hydrogens is 855 g/mol. The number of aryl methyl sites for hydroxylation is 1. The minimum absolute atomic E-state index is 0.125. The van der Waals surface area contributed by atoms with Gasteiger partial charge in [-0.15, -0.1) is 0 Å². The van der Waals surface area contributed by atoms with E-state index < -0.39 is 0 Å². The van der Waals surface area contributed by atoms with Crippen molar-refractivity contribution >= 4 is 57.8 Å². The molecule has 0 aliphatic carbocycles. The van der Waals surface area contributed by atoms with E-state index in [1.807, 2.05) is 31.2 Å². The van der Waals surface area contributed by atoms with Gasteiger partial charge in [0.05, 0.1) is 63.4 Å². The molecule has 20 heteroatoms. The molecular formula is C46H73N9O11. The van der Waals surface area contributed by atoms with Crippen LogP contribution in [0, 0.1) is 11.8 Å². The average molecular weight is 928 g/mol. The third-order valence-corrected chi connectivity index (χ3v) is 10.7. The first-order valence-electron chi connectivity index (χ1n) is 23.3. The fourth-order valence-electron chi connectivity index (χ4n) is 7.23. The second kappa shape index (κ2) is 34.2. The summed E-state index contributed by atoms with van der Waals surface area (Å²) in [5.74, 6) is -1.24. The molecule has 3 rings (SSSR count). The Labute approximate surface area is 387 Å². The molecule has 2 unspecified atom stereocenters. The highest BCUT2D eigenvalue weighted by Crippen LogP contribution is 2.25. The number of pyridine rings is 1. The topological polar surface area (TPSA) is 279 Å². The largest absolute Gasteiger partial charge is 0.379 e. The van der Waals surface area contributed by atoms with Crippen molar-refractivity contribution < 1.29 is 52.5 Å². The molecule has 3 aromatic rings. The van der Waals surface area contributed by atoms with Gasteiger partial charge < -0.3 is 65.8 Å². The lowest BCUT2D eigenvalue weighted by molar-refractivity contribution is -0.131. The van der Waals surface area contributed by atoms with E-state index in [9.17, 15) is 28.8 Å². The number of unbranched alkanes of at least 4 members (excludes halogenated alkanes) is 2. The summed E-state index contributed by atoms with van der Waals surface area (Å²) in [6, 6.07) is 7.92. The average Bonchev–Trinajstić information content (AvgIpc) is 3.67. The number of fused-ring (bicyclic) bond motifs is 3. The number of ether oxygens (including phenoxy) is 5. The Balaban J connectivity index is 1.10. The number of aromatic nitrogens is 3. The highest BCUT2D eigenvalue weighted by atomic mass is 16.5. The van der Waals surface area contributed by atoms with Crippen LogP contribution in [0.3, 0.4) is 0 Å². The number of aldehydes is 1. The first-order chi connectivity index (χ1) is 32.1. The summed E-state index contributed by atoms with van der Waals surface area (Å²) in [5.41, 5.74) is 13.9. The lowest BCUT2D eigenvalue weighted by atomic mass is 9.90. The monoisotopic (exact) mass is 928 g/mol. The predicted octanol–water partition coefficient (Wildman–Crippen LogP) is 1.82. The lowest BCUT2D eigenvalue weighted by Gasteiger charge is -2.16. The number of imidazole rings is 1.